The Kier molecular flexibility index (Phi) is 6.65. The Labute approximate surface area is 111 Å². The highest BCUT2D eigenvalue weighted by atomic mass is 16.5. The summed E-state index contributed by atoms with van der Waals surface area (Å²) in [6.45, 7) is 13.0. The van der Waals surface area contributed by atoms with Crippen LogP contribution >= 0.6 is 0 Å². The van der Waals surface area contributed by atoms with Gasteiger partial charge in [-0.1, -0.05) is 20.8 Å². The van der Waals surface area contributed by atoms with E-state index in [9.17, 15) is 4.79 Å². The molecule has 3 atom stereocenters. The lowest BCUT2D eigenvalue weighted by atomic mass is 10.0. The Morgan fingerprint density at radius 3 is 2.44 bits per heavy atom. The van der Waals surface area contributed by atoms with Crippen LogP contribution in [0.25, 0.3) is 0 Å². The first-order valence-corrected chi connectivity index (χ1v) is 7.20. The summed E-state index contributed by atoms with van der Waals surface area (Å²) >= 11 is 0. The van der Waals surface area contributed by atoms with Crippen LogP contribution in [0.2, 0.25) is 0 Å². The van der Waals surface area contributed by atoms with Crippen LogP contribution in [0.15, 0.2) is 0 Å². The molecule has 4 nitrogen and oxygen atoms in total. The molecule has 0 aromatic carbocycles. The molecule has 0 radical (unpaired) electrons. The quantitative estimate of drug-likeness (QED) is 0.701. The lowest BCUT2D eigenvalue weighted by molar-refractivity contribution is -0.145. The predicted octanol–water partition coefficient (Wildman–Crippen LogP) is 1.51. The summed E-state index contributed by atoms with van der Waals surface area (Å²) in [5, 5.41) is 3.21. The topological polar surface area (TPSA) is 41.6 Å². The smallest absolute Gasteiger partial charge is 0.323 e. The maximum atomic E-state index is 11.8. The molecule has 1 aliphatic rings. The van der Waals surface area contributed by atoms with Crippen LogP contribution in [0.3, 0.4) is 0 Å². The van der Waals surface area contributed by atoms with Gasteiger partial charge in [-0.25, -0.2) is 0 Å². The predicted molar refractivity (Wildman–Crippen MR) is 73.5 cm³/mol. The minimum atomic E-state index is -0.152. The molecule has 1 saturated heterocycles. The van der Waals surface area contributed by atoms with Crippen LogP contribution in [-0.2, 0) is 9.53 Å². The zero-order valence-corrected chi connectivity index (χ0v) is 12.2. The van der Waals surface area contributed by atoms with Gasteiger partial charge in [0.15, 0.2) is 0 Å². The summed E-state index contributed by atoms with van der Waals surface area (Å²) in [5.74, 6) is 1.43. The summed E-state index contributed by atoms with van der Waals surface area (Å²) in [6.07, 6.45) is 0.839. The van der Waals surface area contributed by atoms with Gasteiger partial charge in [0, 0.05) is 19.6 Å². The maximum Gasteiger partial charge on any atom is 0.323 e. The molecule has 0 aromatic heterocycles. The number of ether oxygens (including phenoxy) is 1. The number of nitrogens with one attached hydrogen (secondary N) is 1. The summed E-state index contributed by atoms with van der Waals surface area (Å²) in [6, 6.07) is -0.152. The van der Waals surface area contributed by atoms with Crippen molar-refractivity contribution in [3.05, 3.63) is 0 Å². The van der Waals surface area contributed by atoms with Crippen molar-refractivity contribution in [1.82, 2.24) is 10.2 Å². The van der Waals surface area contributed by atoms with Gasteiger partial charge in [0.1, 0.15) is 6.04 Å². The average molecular weight is 256 g/mol. The van der Waals surface area contributed by atoms with Crippen molar-refractivity contribution >= 4 is 5.97 Å². The molecule has 1 rings (SSSR count). The van der Waals surface area contributed by atoms with E-state index in [1.165, 1.54) is 0 Å². The fraction of sp³-hybridized carbons (Fsp3) is 0.929. The average Bonchev–Trinajstić information content (AvgIpc) is 2.64. The van der Waals surface area contributed by atoms with Crippen molar-refractivity contribution in [3.8, 4) is 0 Å². The first kappa shape index (κ1) is 15.4. The van der Waals surface area contributed by atoms with Gasteiger partial charge in [0.05, 0.1) is 6.61 Å². The largest absolute Gasteiger partial charge is 0.465 e. The summed E-state index contributed by atoms with van der Waals surface area (Å²) in [5.41, 5.74) is 0. The van der Waals surface area contributed by atoms with Gasteiger partial charge in [-0.3, -0.25) is 4.79 Å². The van der Waals surface area contributed by atoms with Crippen molar-refractivity contribution in [3.63, 3.8) is 0 Å². The van der Waals surface area contributed by atoms with Crippen LogP contribution < -0.4 is 5.32 Å². The van der Waals surface area contributed by atoms with Crippen LogP contribution in [0.1, 0.15) is 34.1 Å². The van der Waals surface area contributed by atoms with E-state index in [1.54, 1.807) is 0 Å². The summed E-state index contributed by atoms with van der Waals surface area (Å²) in [7, 11) is 0. The molecule has 106 valence electrons. The third-order valence-corrected chi connectivity index (χ3v) is 3.82. The van der Waals surface area contributed by atoms with Gasteiger partial charge >= 0.3 is 5.97 Å². The molecule has 0 aliphatic carbocycles. The molecule has 0 saturated carbocycles. The van der Waals surface area contributed by atoms with Gasteiger partial charge in [-0.15, -0.1) is 0 Å². The first-order chi connectivity index (χ1) is 8.58. The van der Waals surface area contributed by atoms with E-state index in [-0.39, 0.29) is 12.0 Å². The van der Waals surface area contributed by atoms with Crippen molar-refractivity contribution in [2.24, 2.45) is 11.8 Å². The molecule has 1 fully saturated rings. The molecule has 1 heterocycles. The molecule has 0 amide bonds. The molecule has 0 aromatic rings. The number of hydrogen-bond donors (Lipinski definition) is 1. The van der Waals surface area contributed by atoms with Crippen LogP contribution in [0, 0.1) is 11.8 Å². The maximum absolute atomic E-state index is 11.8. The number of rotatable bonds is 7. The van der Waals surface area contributed by atoms with E-state index < -0.39 is 0 Å². The second kappa shape index (κ2) is 7.74. The molecular weight excluding hydrogens is 228 g/mol. The standard InChI is InChI=1S/C14H28N2O2/c1-5-15-13(14(17)18-6-2)7-8-16-9-11(3)12(4)10-16/h11-13,15H,5-10H2,1-4H3. The van der Waals surface area contributed by atoms with E-state index in [1.807, 2.05) is 13.8 Å². The highest BCUT2D eigenvalue weighted by Gasteiger charge is 2.27. The molecule has 3 unspecified atom stereocenters. The third kappa shape index (κ3) is 4.58. The normalized spacial score (nSPS) is 26.2. The third-order valence-electron chi connectivity index (χ3n) is 3.82. The van der Waals surface area contributed by atoms with E-state index in [2.05, 4.69) is 24.1 Å². The number of nitrogens with zero attached hydrogens (tertiary/aromatic N) is 1. The number of hydrogen-bond acceptors (Lipinski definition) is 4. The van der Waals surface area contributed by atoms with Gasteiger partial charge in [0.25, 0.3) is 0 Å². The van der Waals surface area contributed by atoms with Crippen LogP contribution in [0.5, 0.6) is 0 Å². The fourth-order valence-corrected chi connectivity index (χ4v) is 2.54. The van der Waals surface area contributed by atoms with Crippen molar-refractivity contribution in [1.29, 1.82) is 0 Å². The monoisotopic (exact) mass is 256 g/mol. The first-order valence-electron chi connectivity index (χ1n) is 7.20. The van der Waals surface area contributed by atoms with Gasteiger partial charge in [0.2, 0.25) is 0 Å². The SMILES string of the molecule is CCNC(CCN1CC(C)C(C)C1)C(=O)OCC. The number of likely N-dealkylation sites (tertiary alicyclic amines) is 1. The molecule has 1 aliphatic heterocycles. The van der Waals surface area contributed by atoms with Crippen LogP contribution in [-0.4, -0.2) is 49.7 Å². The lowest BCUT2D eigenvalue weighted by Gasteiger charge is -2.20. The molecule has 0 spiro atoms. The molecule has 1 N–H and O–H groups in total. The van der Waals surface area contributed by atoms with E-state index in [0.29, 0.717) is 6.61 Å². The van der Waals surface area contributed by atoms with E-state index in [4.69, 9.17) is 4.74 Å². The highest BCUT2D eigenvalue weighted by molar-refractivity contribution is 5.75. The Bertz CT molecular complexity index is 248. The molecule has 0 bridgehead atoms. The second-order valence-corrected chi connectivity index (χ2v) is 5.37. The number of likely N-dealkylation sites (N-methyl/N-ethyl adjacent to an activating group) is 1. The number of carbonyl (C=O) groups is 1. The Morgan fingerprint density at radius 2 is 1.94 bits per heavy atom. The molecule has 18 heavy (non-hydrogen) atoms. The molecular formula is C14H28N2O2. The minimum Gasteiger partial charge on any atom is -0.465 e. The molecule has 4 heteroatoms. The Balaban J connectivity index is 2.35. The van der Waals surface area contributed by atoms with Gasteiger partial charge in [-0.05, 0) is 31.7 Å². The minimum absolute atomic E-state index is 0.111. The number of carbonyl (C=O) groups excluding carboxylic acids is 1. The zero-order valence-electron chi connectivity index (χ0n) is 12.2. The van der Waals surface area contributed by atoms with E-state index >= 15 is 0 Å². The van der Waals surface area contributed by atoms with Crippen molar-refractivity contribution < 1.29 is 9.53 Å². The number of esters is 1. The Morgan fingerprint density at radius 1 is 1.33 bits per heavy atom. The highest BCUT2D eigenvalue weighted by Crippen LogP contribution is 2.22. The second-order valence-electron chi connectivity index (χ2n) is 5.37. The van der Waals surface area contributed by atoms with Gasteiger partial charge < -0.3 is 15.0 Å². The van der Waals surface area contributed by atoms with Crippen molar-refractivity contribution in [2.75, 3.05) is 32.8 Å². The Hall–Kier alpha value is -0.610. The van der Waals surface area contributed by atoms with Crippen molar-refractivity contribution in [2.45, 2.75) is 40.2 Å². The van der Waals surface area contributed by atoms with Crippen LogP contribution in [0.4, 0.5) is 0 Å². The van der Waals surface area contributed by atoms with E-state index in [0.717, 1.165) is 44.4 Å². The van der Waals surface area contributed by atoms with Gasteiger partial charge in [-0.2, -0.15) is 0 Å². The summed E-state index contributed by atoms with van der Waals surface area (Å²) in [4.78, 5) is 14.2. The summed E-state index contributed by atoms with van der Waals surface area (Å²) < 4.78 is 5.09. The fourth-order valence-electron chi connectivity index (χ4n) is 2.54. The lowest BCUT2D eigenvalue weighted by Crippen LogP contribution is -2.40. The zero-order chi connectivity index (χ0) is 13.5.